The van der Waals surface area contributed by atoms with Crippen molar-refractivity contribution in [1.29, 1.82) is 0 Å². The Morgan fingerprint density at radius 2 is 1.57 bits per heavy atom. The number of hydrogen-bond acceptors (Lipinski definition) is 6. The predicted octanol–water partition coefficient (Wildman–Crippen LogP) is 4.21. The maximum Gasteiger partial charge on any atom is 0.220 e. The van der Waals surface area contributed by atoms with E-state index in [4.69, 9.17) is 21.2 Å². The number of guanidine groups is 2. The molecule has 0 amide bonds. The van der Waals surface area contributed by atoms with E-state index in [9.17, 15) is 0 Å². The van der Waals surface area contributed by atoms with Gasteiger partial charge in [0.1, 0.15) is 17.2 Å². The quantitative estimate of drug-likeness (QED) is 0.839. The van der Waals surface area contributed by atoms with Gasteiger partial charge in [0.15, 0.2) is 0 Å². The molecule has 0 radical (unpaired) electrons. The number of rotatable bonds is 3. The van der Waals surface area contributed by atoms with Crippen molar-refractivity contribution in [3.8, 4) is 11.5 Å². The fourth-order valence-corrected chi connectivity index (χ4v) is 4.07. The highest BCUT2D eigenvalue weighted by molar-refractivity contribution is 6.05. The molecule has 0 saturated heterocycles. The number of aliphatic imine (C=N–C) groups is 2. The Labute approximate surface area is 165 Å². The van der Waals surface area contributed by atoms with Crippen LogP contribution in [0, 0.1) is 13.8 Å². The van der Waals surface area contributed by atoms with Crippen molar-refractivity contribution in [2.45, 2.75) is 51.6 Å². The Bertz CT molecular complexity index is 926. The zero-order valence-corrected chi connectivity index (χ0v) is 16.5. The first-order valence-electron chi connectivity index (χ1n) is 9.82. The summed E-state index contributed by atoms with van der Waals surface area (Å²) in [6.07, 6.45) is 5.27. The van der Waals surface area contributed by atoms with Crippen molar-refractivity contribution in [1.82, 2.24) is 0 Å². The maximum atomic E-state index is 6.28. The number of ether oxygens (including phenoxy) is 1. The van der Waals surface area contributed by atoms with Crippen LogP contribution in [-0.2, 0) is 0 Å². The van der Waals surface area contributed by atoms with Crippen LogP contribution in [0.5, 0.6) is 11.5 Å². The molecule has 4 rings (SSSR count). The fourth-order valence-electron chi connectivity index (χ4n) is 4.07. The van der Waals surface area contributed by atoms with Gasteiger partial charge in [-0.05, 0) is 87.1 Å². The first-order valence-corrected chi connectivity index (χ1v) is 9.82. The van der Waals surface area contributed by atoms with Gasteiger partial charge in [-0.15, -0.1) is 0 Å². The molecule has 1 heterocycles. The Morgan fingerprint density at radius 3 is 2.25 bits per heavy atom. The zero-order chi connectivity index (χ0) is 19.7. The molecule has 0 unspecified atom stereocenters. The lowest BCUT2D eigenvalue weighted by atomic mass is 9.87. The monoisotopic (exact) mass is 377 g/mol. The summed E-state index contributed by atoms with van der Waals surface area (Å²) >= 11 is 0. The molecule has 1 aliphatic carbocycles. The van der Waals surface area contributed by atoms with E-state index in [1.807, 2.05) is 41.3 Å². The summed E-state index contributed by atoms with van der Waals surface area (Å²) in [5.74, 6) is 2.28. The molecule has 0 atom stereocenters. The molecule has 2 aromatic carbocycles. The smallest absolute Gasteiger partial charge is 0.220 e. The Balaban J connectivity index is 1.60. The first-order chi connectivity index (χ1) is 13.5. The van der Waals surface area contributed by atoms with Crippen LogP contribution in [0.25, 0.3) is 0 Å². The van der Waals surface area contributed by atoms with Gasteiger partial charge >= 0.3 is 0 Å². The third kappa shape index (κ3) is 3.42. The predicted molar refractivity (Wildman–Crippen MR) is 114 cm³/mol. The van der Waals surface area contributed by atoms with Crippen LogP contribution in [0.3, 0.4) is 0 Å². The van der Waals surface area contributed by atoms with Gasteiger partial charge in [-0.3, -0.25) is 4.90 Å². The van der Waals surface area contributed by atoms with E-state index in [0.29, 0.717) is 5.96 Å². The van der Waals surface area contributed by atoms with Crippen molar-refractivity contribution < 1.29 is 4.74 Å². The average Bonchev–Trinajstić information content (AvgIpc) is 2.66. The van der Waals surface area contributed by atoms with Gasteiger partial charge in [0.2, 0.25) is 11.9 Å². The highest BCUT2D eigenvalue weighted by Crippen LogP contribution is 2.40. The SMILES string of the molecule is Cc1ccc(Oc2ccc(N3C(N)=NC(N)=NC34CCCCC4)cc2)cc1C. The molecule has 1 fully saturated rings. The number of anilines is 1. The molecule has 0 aromatic heterocycles. The minimum Gasteiger partial charge on any atom is -0.457 e. The van der Waals surface area contributed by atoms with Crippen LogP contribution in [0.4, 0.5) is 5.69 Å². The summed E-state index contributed by atoms with van der Waals surface area (Å²) < 4.78 is 6.01. The van der Waals surface area contributed by atoms with Crippen LogP contribution in [-0.4, -0.2) is 17.6 Å². The zero-order valence-electron chi connectivity index (χ0n) is 16.5. The highest BCUT2D eigenvalue weighted by Gasteiger charge is 2.42. The molecule has 6 nitrogen and oxygen atoms in total. The standard InChI is InChI=1S/C22H27N5O/c1-15-6-9-19(14-16(15)2)28-18-10-7-17(8-11-18)27-21(24)25-20(23)26-22(27)12-4-3-5-13-22/h6-11,14H,3-5,12-13H2,1-2H3,(H4,23,24,25,26). The van der Waals surface area contributed by atoms with Crippen LogP contribution < -0.4 is 21.1 Å². The minimum absolute atomic E-state index is 0.269. The van der Waals surface area contributed by atoms with Crippen LogP contribution in [0.2, 0.25) is 0 Å². The highest BCUT2D eigenvalue weighted by atomic mass is 16.5. The second kappa shape index (κ2) is 7.19. The maximum absolute atomic E-state index is 6.28. The molecule has 1 saturated carbocycles. The molecular formula is C22H27N5O. The summed E-state index contributed by atoms with van der Waals surface area (Å²) in [6, 6.07) is 14.0. The first kappa shape index (κ1) is 18.3. The van der Waals surface area contributed by atoms with Gasteiger partial charge in [0.05, 0.1) is 0 Å². The van der Waals surface area contributed by atoms with E-state index in [1.165, 1.54) is 17.5 Å². The molecule has 1 spiro atoms. The third-order valence-electron chi connectivity index (χ3n) is 5.66. The molecule has 2 aliphatic rings. The number of nitrogens with zero attached hydrogens (tertiary/aromatic N) is 3. The second-order valence-electron chi connectivity index (χ2n) is 7.66. The van der Waals surface area contributed by atoms with Gasteiger partial charge in [0, 0.05) is 5.69 Å². The molecule has 4 N–H and O–H groups in total. The lowest BCUT2D eigenvalue weighted by Gasteiger charge is -2.45. The molecule has 1 aliphatic heterocycles. The summed E-state index contributed by atoms with van der Waals surface area (Å²) in [6.45, 7) is 4.18. The molecule has 28 heavy (non-hydrogen) atoms. The van der Waals surface area contributed by atoms with Crippen LogP contribution in [0.1, 0.15) is 43.2 Å². The third-order valence-corrected chi connectivity index (χ3v) is 5.66. The molecule has 0 bridgehead atoms. The number of nitrogens with two attached hydrogens (primary N) is 2. The lowest BCUT2D eigenvalue weighted by molar-refractivity contribution is 0.305. The normalized spacial score (nSPS) is 18.6. The topological polar surface area (TPSA) is 89.2 Å². The van der Waals surface area contributed by atoms with Gasteiger partial charge in [0.25, 0.3) is 0 Å². The summed E-state index contributed by atoms with van der Waals surface area (Å²) in [4.78, 5) is 11.0. The average molecular weight is 377 g/mol. The second-order valence-corrected chi connectivity index (χ2v) is 7.66. The van der Waals surface area contributed by atoms with Crippen molar-refractivity contribution in [3.05, 3.63) is 53.6 Å². The number of benzene rings is 2. The summed E-state index contributed by atoms with van der Waals surface area (Å²) in [7, 11) is 0. The summed E-state index contributed by atoms with van der Waals surface area (Å²) in [5.41, 5.74) is 15.2. The Hall–Kier alpha value is -3.02. The molecule has 6 heteroatoms. The van der Waals surface area contributed by atoms with E-state index in [1.54, 1.807) is 0 Å². The van der Waals surface area contributed by atoms with Gasteiger partial charge in [-0.25, -0.2) is 4.99 Å². The van der Waals surface area contributed by atoms with Crippen LogP contribution in [0.15, 0.2) is 52.4 Å². The van der Waals surface area contributed by atoms with Gasteiger partial charge in [-0.2, -0.15) is 4.99 Å². The molecule has 146 valence electrons. The summed E-state index contributed by atoms with van der Waals surface area (Å²) in [5, 5.41) is 0. The van der Waals surface area contributed by atoms with E-state index >= 15 is 0 Å². The van der Waals surface area contributed by atoms with Crippen molar-refractivity contribution >= 4 is 17.6 Å². The van der Waals surface area contributed by atoms with E-state index in [2.05, 4.69) is 24.9 Å². The van der Waals surface area contributed by atoms with Gasteiger partial charge in [-0.1, -0.05) is 12.5 Å². The number of aryl methyl sites for hydroxylation is 2. The Kier molecular flexibility index (Phi) is 4.71. The van der Waals surface area contributed by atoms with Crippen molar-refractivity contribution in [3.63, 3.8) is 0 Å². The van der Waals surface area contributed by atoms with E-state index in [0.717, 1.165) is 42.9 Å². The Morgan fingerprint density at radius 1 is 0.893 bits per heavy atom. The minimum atomic E-state index is -0.426. The molecule has 2 aromatic rings. The van der Waals surface area contributed by atoms with Gasteiger partial charge < -0.3 is 16.2 Å². The van der Waals surface area contributed by atoms with E-state index in [-0.39, 0.29) is 5.96 Å². The van der Waals surface area contributed by atoms with Crippen molar-refractivity contribution in [2.75, 3.05) is 4.90 Å². The molecular weight excluding hydrogens is 350 g/mol. The fraction of sp³-hybridized carbons (Fsp3) is 0.364. The lowest BCUT2D eigenvalue weighted by Crippen LogP contribution is -2.58. The van der Waals surface area contributed by atoms with E-state index < -0.39 is 5.66 Å². The van der Waals surface area contributed by atoms with Crippen molar-refractivity contribution in [2.24, 2.45) is 21.5 Å². The largest absolute Gasteiger partial charge is 0.457 e. The van der Waals surface area contributed by atoms with Crippen LogP contribution >= 0.6 is 0 Å². The number of hydrogen-bond donors (Lipinski definition) is 2.